The van der Waals surface area contributed by atoms with Gasteiger partial charge >= 0.3 is 0 Å². The van der Waals surface area contributed by atoms with Crippen molar-refractivity contribution >= 4 is 17.3 Å². The molecule has 0 N–H and O–H groups in total. The van der Waals surface area contributed by atoms with Crippen LogP contribution in [0.4, 0.5) is 10.1 Å². The summed E-state index contributed by atoms with van der Waals surface area (Å²) in [6.45, 7) is 0.626. The van der Waals surface area contributed by atoms with Gasteiger partial charge in [-0.3, -0.25) is 14.9 Å². The molecule has 0 unspecified atom stereocenters. The van der Waals surface area contributed by atoms with Crippen molar-refractivity contribution in [1.29, 1.82) is 0 Å². The van der Waals surface area contributed by atoms with Crippen molar-refractivity contribution in [3.8, 4) is 5.75 Å². The van der Waals surface area contributed by atoms with E-state index in [0.29, 0.717) is 17.0 Å². The maximum absolute atomic E-state index is 16.1. The van der Waals surface area contributed by atoms with Gasteiger partial charge in [0, 0.05) is 4.92 Å². The molecule has 2 aromatic rings. The van der Waals surface area contributed by atoms with E-state index in [-0.39, 0.29) is 5.71 Å². The lowest BCUT2D eigenvalue weighted by molar-refractivity contribution is -0.485. The first-order valence-electron chi connectivity index (χ1n) is 8.28. The average Bonchev–Trinajstić information content (AvgIpc) is 2.91. The van der Waals surface area contributed by atoms with Crippen LogP contribution >= 0.6 is 0 Å². The highest BCUT2D eigenvalue weighted by Crippen LogP contribution is 2.40. The number of halogens is 1. The van der Waals surface area contributed by atoms with Gasteiger partial charge in [0.15, 0.2) is 0 Å². The number of nitro groups is 1. The number of rotatable bonds is 6. The first kappa shape index (κ1) is 18.5. The molecule has 2 aromatic carbocycles. The molecule has 140 valence electrons. The molecule has 0 fully saturated rings. The number of nitrogens with zero attached hydrogens (tertiary/aromatic N) is 3. The number of carbonyl (C=O) groups is 1. The summed E-state index contributed by atoms with van der Waals surface area (Å²) in [7, 11) is 1.48. The summed E-state index contributed by atoms with van der Waals surface area (Å²) in [4.78, 5) is 23.5. The number of carbonyl (C=O) groups excluding carboxylic acids is 1. The number of alkyl halides is 1. The monoisotopic (exact) mass is 371 g/mol. The molecule has 1 aliphatic rings. The van der Waals surface area contributed by atoms with Gasteiger partial charge in [-0.1, -0.05) is 30.3 Å². The van der Waals surface area contributed by atoms with Crippen molar-refractivity contribution in [2.75, 3.05) is 18.7 Å². The van der Waals surface area contributed by atoms with Crippen LogP contribution in [0.5, 0.6) is 5.75 Å². The van der Waals surface area contributed by atoms with Crippen LogP contribution in [0.25, 0.3) is 0 Å². The number of para-hydroxylation sites is 1. The molecule has 0 saturated carbocycles. The Labute approximate surface area is 155 Å². The molecule has 2 atom stereocenters. The standard InChI is InChI=1S/C19H18FN3O4/c1-13-19(20,18(24)23(21-13)15-6-4-3-5-7-15)17(12-22(25)26)14-8-10-16(27-2)11-9-14/h3-11,17H,12H2,1-2H3/t17-,19-/m1/s1. The van der Waals surface area contributed by atoms with E-state index in [1.54, 1.807) is 42.5 Å². The molecular formula is C19H18FN3O4. The van der Waals surface area contributed by atoms with Gasteiger partial charge in [-0.05, 0) is 36.8 Å². The highest BCUT2D eigenvalue weighted by Gasteiger charge is 2.58. The zero-order valence-corrected chi connectivity index (χ0v) is 14.8. The fourth-order valence-corrected chi connectivity index (χ4v) is 3.17. The third-order valence-corrected chi connectivity index (χ3v) is 4.61. The Bertz CT molecular complexity index is 886. The first-order valence-corrected chi connectivity index (χ1v) is 8.28. The Balaban J connectivity index is 2.03. The van der Waals surface area contributed by atoms with E-state index in [9.17, 15) is 14.9 Å². The minimum absolute atomic E-state index is 0.112. The summed E-state index contributed by atoms with van der Waals surface area (Å²) in [5.41, 5.74) is -2.00. The molecule has 1 aliphatic heterocycles. The van der Waals surface area contributed by atoms with Crippen LogP contribution < -0.4 is 9.75 Å². The van der Waals surface area contributed by atoms with Crippen molar-refractivity contribution in [3.63, 3.8) is 0 Å². The largest absolute Gasteiger partial charge is 0.497 e. The van der Waals surface area contributed by atoms with Gasteiger partial charge in [0.1, 0.15) is 5.75 Å². The summed E-state index contributed by atoms with van der Waals surface area (Å²) >= 11 is 0. The lowest BCUT2D eigenvalue weighted by Gasteiger charge is -2.27. The molecule has 0 aromatic heterocycles. The average molecular weight is 371 g/mol. The fraction of sp³-hybridized carbons (Fsp3) is 0.263. The maximum atomic E-state index is 16.1. The normalized spacial score (nSPS) is 20.3. The zero-order chi connectivity index (χ0) is 19.6. The summed E-state index contributed by atoms with van der Waals surface area (Å²) in [6, 6.07) is 14.6. The van der Waals surface area contributed by atoms with Crippen LogP contribution in [-0.2, 0) is 4.79 Å². The van der Waals surface area contributed by atoms with Gasteiger partial charge in [-0.25, -0.2) is 4.39 Å². The molecule has 0 radical (unpaired) electrons. The van der Waals surface area contributed by atoms with E-state index in [0.717, 1.165) is 5.01 Å². The van der Waals surface area contributed by atoms with Crippen LogP contribution in [0.1, 0.15) is 18.4 Å². The lowest BCUT2D eigenvalue weighted by atomic mass is 9.80. The number of hydrogen-bond donors (Lipinski definition) is 0. The summed E-state index contributed by atoms with van der Waals surface area (Å²) < 4.78 is 21.1. The predicted octanol–water partition coefficient (Wildman–Crippen LogP) is 3.19. The van der Waals surface area contributed by atoms with Crippen molar-refractivity contribution in [2.45, 2.75) is 18.5 Å². The molecule has 1 heterocycles. The number of anilines is 1. The minimum Gasteiger partial charge on any atom is -0.497 e. The number of benzene rings is 2. The number of hydrazone groups is 1. The summed E-state index contributed by atoms with van der Waals surface area (Å²) in [6.07, 6.45) is 0. The molecule has 1 amide bonds. The van der Waals surface area contributed by atoms with E-state index >= 15 is 4.39 Å². The van der Waals surface area contributed by atoms with E-state index in [4.69, 9.17) is 4.74 Å². The van der Waals surface area contributed by atoms with Gasteiger partial charge in [0.2, 0.25) is 12.2 Å². The van der Waals surface area contributed by atoms with Gasteiger partial charge in [0.05, 0.1) is 24.4 Å². The van der Waals surface area contributed by atoms with Crippen molar-refractivity contribution in [2.24, 2.45) is 5.10 Å². The summed E-state index contributed by atoms with van der Waals surface area (Å²) in [5, 5.41) is 16.2. The Morgan fingerprint density at radius 1 is 1.22 bits per heavy atom. The van der Waals surface area contributed by atoms with Crippen molar-refractivity contribution < 1.29 is 18.8 Å². The third kappa shape index (κ3) is 3.25. The molecule has 8 heteroatoms. The van der Waals surface area contributed by atoms with Crippen molar-refractivity contribution in [1.82, 2.24) is 0 Å². The van der Waals surface area contributed by atoms with Crippen LogP contribution in [0.15, 0.2) is 59.7 Å². The maximum Gasteiger partial charge on any atom is 0.291 e. The van der Waals surface area contributed by atoms with E-state index < -0.39 is 29.0 Å². The molecule has 3 rings (SSSR count). The van der Waals surface area contributed by atoms with Crippen LogP contribution in [0, 0.1) is 10.1 Å². The Morgan fingerprint density at radius 2 is 1.85 bits per heavy atom. The second-order valence-electron chi connectivity index (χ2n) is 6.19. The number of methoxy groups -OCH3 is 1. The third-order valence-electron chi connectivity index (χ3n) is 4.61. The molecule has 0 aliphatic carbocycles. The predicted molar refractivity (Wildman–Crippen MR) is 98.5 cm³/mol. The Kier molecular flexibility index (Phi) is 4.89. The molecule has 7 nitrogen and oxygen atoms in total. The van der Waals surface area contributed by atoms with Crippen LogP contribution in [0.3, 0.4) is 0 Å². The molecule has 0 bridgehead atoms. The van der Waals surface area contributed by atoms with Crippen molar-refractivity contribution in [3.05, 3.63) is 70.3 Å². The number of ether oxygens (including phenoxy) is 1. The first-order chi connectivity index (χ1) is 12.9. The molecule has 0 saturated heterocycles. The zero-order valence-electron chi connectivity index (χ0n) is 14.8. The topological polar surface area (TPSA) is 85.0 Å². The van der Waals surface area contributed by atoms with Gasteiger partial charge in [-0.15, -0.1) is 0 Å². The quantitative estimate of drug-likeness (QED) is 0.577. The Morgan fingerprint density at radius 3 is 2.41 bits per heavy atom. The minimum atomic E-state index is -2.61. The lowest BCUT2D eigenvalue weighted by Crippen LogP contribution is -2.49. The van der Waals surface area contributed by atoms with Gasteiger partial charge in [-0.2, -0.15) is 10.1 Å². The molecule has 0 spiro atoms. The smallest absolute Gasteiger partial charge is 0.291 e. The fourth-order valence-electron chi connectivity index (χ4n) is 3.17. The van der Waals surface area contributed by atoms with Gasteiger partial charge < -0.3 is 4.74 Å². The van der Waals surface area contributed by atoms with E-state index in [2.05, 4.69) is 5.10 Å². The second kappa shape index (κ2) is 7.14. The van der Waals surface area contributed by atoms with Crippen LogP contribution in [-0.4, -0.2) is 35.9 Å². The van der Waals surface area contributed by atoms with E-state index in [1.165, 1.54) is 26.2 Å². The highest BCUT2D eigenvalue weighted by molar-refractivity contribution is 6.22. The van der Waals surface area contributed by atoms with E-state index in [1.807, 2.05) is 0 Å². The SMILES string of the molecule is COc1ccc([C@@H](C[N+](=O)[O-])[C@@]2(F)C(=O)N(c3ccccc3)N=C2C)cc1. The number of hydrogen-bond acceptors (Lipinski definition) is 5. The van der Waals surface area contributed by atoms with Gasteiger partial charge in [0.25, 0.3) is 5.91 Å². The second-order valence-corrected chi connectivity index (χ2v) is 6.19. The highest BCUT2D eigenvalue weighted by atomic mass is 19.1. The Hall–Kier alpha value is -3.29. The van der Waals surface area contributed by atoms with Crippen LogP contribution in [0.2, 0.25) is 0 Å². The molecular weight excluding hydrogens is 353 g/mol. The number of amides is 1. The summed E-state index contributed by atoms with van der Waals surface area (Å²) in [5.74, 6) is -1.72. The molecule has 27 heavy (non-hydrogen) atoms.